The van der Waals surface area contributed by atoms with Gasteiger partial charge in [0.15, 0.2) is 0 Å². The van der Waals surface area contributed by atoms with Crippen LogP contribution in [0.5, 0.6) is 0 Å². The van der Waals surface area contributed by atoms with Crippen LogP contribution in [0.25, 0.3) is 0 Å². The van der Waals surface area contributed by atoms with Crippen LogP contribution in [-0.4, -0.2) is 17.0 Å². The van der Waals surface area contributed by atoms with Crippen molar-refractivity contribution in [2.45, 2.75) is 18.2 Å². The van der Waals surface area contributed by atoms with E-state index < -0.39 is 17.0 Å². The second-order valence-electron chi connectivity index (χ2n) is 5.14. The third-order valence-corrected chi connectivity index (χ3v) is 3.75. The molecule has 0 spiro atoms. The van der Waals surface area contributed by atoms with Crippen molar-refractivity contribution < 1.29 is 9.72 Å². The van der Waals surface area contributed by atoms with Gasteiger partial charge < -0.3 is 5.32 Å². The van der Waals surface area contributed by atoms with Gasteiger partial charge in [0.2, 0.25) is 0 Å². The highest BCUT2D eigenvalue weighted by Crippen LogP contribution is 2.31. The normalized spacial score (nSPS) is 24.5. The van der Waals surface area contributed by atoms with Crippen LogP contribution < -0.4 is 10.6 Å². The Morgan fingerprint density at radius 1 is 0.864 bits per heavy atom. The number of nitrogens with zero attached hydrogens (tertiary/aromatic N) is 1. The number of hydrogen-bond donors (Lipinski definition) is 2. The Hall–Kier alpha value is -2.73. The van der Waals surface area contributed by atoms with Crippen molar-refractivity contribution in [2.75, 3.05) is 0 Å². The number of carbonyl (C=O) groups excluding carboxylic acids is 1. The maximum Gasteiger partial charge on any atom is 0.344 e. The topological polar surface area (TPSA) is 84.3 Å². The summed E-state index contributed by atoms with van der Waals surface area (Å²) in [5, 5.41) is 16.7. The van der Waals surface area contributed by atoms with Gasteiger partial charge in [0.1, 0.15) is 0 Å². The summed E-state index contributed by atoms with van der Waals surface area (Å²) in [6.07, 6.45) is -1.44. The summed E-state index contributed by atoms with van der Waals surface area (Å²) >= 11 is 0. The first-order valence-corrected chi connectivity index (χ1v) is 6.96. The fourth-order valence-electron chi connectivity index (χ4n) is 2.70. The average molecular weight is 297 g/mol. The van der Waals surface area contributed by atoms with Gasteiger partial charge in [-0.25, -0.2) is 5.32 Å². The predicted octanol–water partition coefficient (Wildman–Crippen LogP) is 1.79. The highest BCUT2D eigenvalue weighted by atomic mass is 16.6. The minimum atomic E-state index is -1.44. The largest absolute Gasteiger partial charge is 0.344 e. The lowest BCUT2D eigenvalue weighted by molar-refractivity contribution is -0.517. The molecule has 22 heavy (non-hydrogen) atoms. The molecule has 112 valence electrons. The number of amides is 1. The Morgan fingerprint density at radius 2 is 1.36 bits per heavy atom. The van der Waals surface area contributed by atoms with Crippen molar-refractivity contribution in [1.82, 2.24) is 10.6 Å². The molecule has 0 radical (unpaired) electrons. The van der Waals surface area contributed by atoms with Gasteiger partial charge >= 0.3 is 12.1 Å². The van der Waals surface area contributed by atoms with Crippen molar-refractivity contribution in [3.8, 4) is 0 Å². The van der Waals surface area contributed by atoms with Crippen LogP contribution in [0.4, 0.5) is 0 Å². The number of piperazine rings is 1. The Kier molecular flexibility index (Phi) is 3.84. The number of nitrogens with one attached hydrogen (secondary N) is 2. The number of rotatable bonds is 3. The van der Waals surface area contributed by atoms with Gasteiger partial charge in [-0.1, -0.05) is 60.7 Å². The molecule has 1 fully saturated rings. The maximum atomic E-state index is 12.0. The summed E-state index contributed by atoms with van der Waals surface area (Å²) in [6.45, 7) is 0. The predicted molar refractivity (Wildman–Crippen MR) is 80.4 cm³/mol. The van der Waals surface area contributed by atoms with E-state index in [1.807, 2.05) is 60.7 Å². The van der Waals surface area contributed by atoms with E-state index in [1.165, 1.54) is 0 Å². The molecule has 3 unspecified atom stereocenters. The molecule has 0 aromatic heterocycles. The molecule has 0 saturated carbocycles. The van der Waals surface area contributed by atoms with E-state index in [0.717, 1.165) is 11.1 Å². The van der Waals surface area contributed by atoms with Gasteiger partial charge in [0.25, 0.3) is 0 Å². The van der Waals surface area contributed by atoms with Crippen molar-refractivity contribution in [2.24, 2.45) is 0 Å². The third-order valence-electron chi connectivity index (χ3n) is 3.75. The molecule has 2 aromatic carbocycles. The van der Waals surface area contributed by atoms with Gasteiger partial charge in [-0.2, -0.15) is 0 Å². The van der Waals surface area contributed by atoms with Gasteiger partial charge in [-0.15, -0.1) is 0 Å². The van der Waals surface area contributed by atoms with E-state index in [9.17, 15) is 14.9 Å². The summed E-state index contributed by atoms with van der Waals surface area (Å²) in [7, 11) is 0. The van der Waals surface area contributed by atoms with Crippen LogP contribution in [0.3, 0.4) is 0 Å². The lowest BCUT2D eigenvalue weighted by Gasteiger charge is -2.34. The molecule has 2 N–H and O–H groups in total. The van der Waals surface area contributed by atoms with Crippen LogP contribution in [0, 0.1) is 10.1 Å². The summed E-state index contributed by atoms with van der Waals surface area (Å²) < 4.78 is 0. The molecule has 0 aliphatic carbocycles. The zero-order chi connectivity index (χ0) is 15.5. The Labute approximate surface area is 127 Å². The zero-order valence-electron chi connectivity index (χ0n) is 11.7. The Morgan fingerprint density at radius 3 is 1.86 bits per heavy atom. The average Bonchev–Trinajstić information content (AvgIpc) is 2.56. The second kappa shape index (κ2) is 5.95. The Balaban J connectivity index is 1.99. The summed E-state index contributed by atoms with van der Waals surface area (Å²) in [5.74, 6) is -0.619. The van der Waals surface area contributed by atoms with Crippen molar-refractivity contribution in [3.05, 3.63) is 81.9 Å². The molecule has 1 aliphatic rings. The molecule has 6 heteroatoms. The van der Waals surface area contributed by atoms with Gasteiger partial charge in [-0.05, 0) is 11.1 Å². The van der Waals surface area contributed by atoms with Crippen LogP contribution in [0.1, 0.15) is 23.2 Å². The van der Waals surface area contributed by atoms with Gasteiger partial charge in [0, 0.05) is 4.92 Å². The first-order chi connectivity index (χ1) is 10.7. The molecule has 1 heterocycles. The second-order valence-corrected chi connectivity index (χ2v) is 5.14. The summed E-state index contributed by atoms with van der Waals surface area (Å²) in [5.41, 5.74) is 1.79. The first-order valence-electron chi connectivity index (χ1n) is 6.96. The minimum absolute atomic E-state index is 0.354. The molecule has 1 aliphatic heterocycles. The minimum Gasteiger partial charge on any atom is -0.340 e. The Bertz CT molecular complexity index is 676. The molecule has 0 bridgehead atoms. The number of hydrogen-bond acceptors (Lipinski definition) is 4. The molecular formula is C16H15N3O3. The molecule has 1 saturated heterocycles. The number of benzene rings is 2. The molecule has 3 rings (SSSR count). The van der Waals surface area contributed by atoms with Crippen molar-refractivity contribution in [3.63, 3.8) is 0 Å². The molecule has 2 aromatic rings. The quantitative estimate of drug-likeness (QED) is 0.668. The van der Waals surface area contributed by atoms with Crippen LogP contribution in [0.2, 0.25) is 0 Å². The van der Waals surface area contributed by atoms with Crippen LogP contribution in [-0.2, 0) is 4.79 Å². The van der Waals surface area contributed by atoms with Crippen LogP contribution in [0.15, 0.2) is 60.7 Å². The maximum absolute atomic E-state index is 12.0. The van der Waals surface area contributed by atoms with E-state index in [-0.39, 0.29) is 12.1 Å². The monoisotopic (exact) mass is 297 g/mol. The van der Waals surface area contributed by atoms with Gasteiger partial charge in [0.05, 0.1) is 12.1 Å². The third kappa shape index (κ3) is 2.68. The van der Waals surface area contributed by atoms with E-state index in [0.29, 0.717) is 0 Å². The van der Waals surface area contributed by atoms with Gasteiger partial charge in [-0.3, -0.25) is 14.9 Å². The lowest BCUT2D eigenvalue weighted by atomic mass is 9.91. The fraction of sp³-hybridized carbons (Fsp3) is 0.188. The molecule has 6 nitrogen and oxygen atoms in total. The van der Waals surface area contributed by atoms with Crippen molar-refractivity contribution >= 4 is 5.91 Å². The lowest BCUT2D eigenvalue weighted by Crippen LogP contribution is -2.58. The van der Waals surface area contributed by atoms with Crippen molar-refractivity contribution in [1.29, 1.82) is 0 Å². The SMILES string of the molecule is O=C1NC(c2ccccc2)C(c2ccccc2)NC1[N+](=O)[O-]. The fourth-order valence-corrected chi connectivity index (χ4v) is 2.70. The number of carbonyl (C=O) groups is 1. The van der Waals surface area contributed by atoms with E-state index in [2.05, 4.69) is 10.6 Å². The summed E-state index contributed by atoms with van der Waals surface area (Å²) in [4.78, 5) is 22.4. The van der Waals surface area contributed by atoms with E-state index in [4.69, 9.17) is 0 Å². The highest BCUT2D eigenvalue weighted by molar-refractivity contribution is 5.81. The molecular weight excluding hydrogens is 282 g/mol. The first kappa shape index (κ1) is 14.2. The molecule has 3 atom stereocenters. The van der Waals surface area contributed by atoms with E-state index >= 15 is 0 Å². The standard InChI is InChI=1S/C16H15N3O3/c20-16-15(19(21)22)17-13(11-7-3-1-4-8-11)14(18-16)12-9-5-2-6-10-12/h1-10,13-15,17H,(H,18,20). The van der Waals surface area contributed by atoms with E-state index in [1.54, 1.807) is 0 Å². The highest BCUT2D eigenvalue weighted by Gasteiger charge is 2.42. The van der Waals surface area contributed by atoms with Crippen LogP contribution >= 0.6 is 0 Å². The number of nitro groups is 1. The molecule has 1 amide bonds. The zero-order valence-corrected chi connectivity index (χ0v) is 11.7. The smallest absolute Gasteiger partial charge is 0.340 e. The summed E-state index contributed by atoms with van der Waals surface area (Å²) in [6, 6.07) is 18.1.